The monoisotopic (exact) mass is 424 g/mol. The van der Waals surface area contributed by atoms with Gasteiger partial charge in [0.1, 0.15) is 0 Å². The van der Waals surface area contributed by atoms with Gasteiger partial charge in [-0.3, -0.25) is 0 Å². The fourth-order valence-corrected chi connectivity index (χ4v) is 4.00. The number of benzene rings is 2. The Morgan fingerprint density at radius 2 is 1.57 bits per heavy atom. The van der Waals surface area contributed by atoms with Crippen molar-refractivity contribution in [2.45, 2.75) is 0 Å². The van der Waals surface area contributed by atoms with Crippen LogP contribution in [0.25, 0.3) is 21.5 Å². The van der Waals surface area contributed by atoms with E-state index in [2.05, 4.69) is 26.3 Å². The Balaban J connectivity index is 1.76. The van der Waals surface area contributed by atoms with E-state index in [1.54, 1.807) is 44.8 Å². The summed E-state index contributed by atoms with van der Waals surface area (Å²) >= 11 is 1.64. The number of aromatic nitrogens is 3. The first kappa shape index (κ1) is 19.7. The number of rotatable bonds is 7. The van der Waals surface area contributed by atoms with E-state index in [1.807, 2.05) is 23.6 Å². The summed E-state index contributed by atoms with van der Waals surface area (Å²) in [7, 11) is 6.20. The third-order valence-electron chi connectivity index (χ3n) is 4.44. The molecule has 0 aliphatic heterocycles. The highest BCUT2D eigenvalue weighted by Crippen LogP contribution is 2.40. The summed E-state index contributed by atoms with van der Waals surface area (Å²) in [5, 5.41) is 6.28. The van der Waals surface area contributed by atoms with Crippen LogP contribution < -0.4 is 24.3 Å². The molecule has 4 aromatic rings. The molecule has 0 saturated carbocycles. The minimum absolute atomic E-state index is 0.213. The summed E-state index contributed by atoms with van der Waals surface area (Å²) in [5.74, 6) is 2.40. The molecule has 0 aliphatic rings. The normalized spacial score (nSPS) is 10.7. The molecule has 2 aromatic heterocycles. The van der Waals surface area contributed by atoms with Crippen molar-refractivity contribution in [3.8, 4) is 34.6 Å². The lowest BCUT2D eigenvalue weighted by atomic mass is 10.2. The minimum atomic E-state index is 0.213. The molecular weight excluding hydrogens is 404 g/mol. The van der Waals surface area contributed by atoms with E-state index in [1.165, 1.54) is 7.11 Å². The molecule has 154 valence electrons. The van der Waals surface area contributed by atoms with Gasteiger partial charge in [-0.15, -0.1) is 11.3 Å². The van der Waals surface area contributed by atoms with Crippen molar-refractivity contribution in [1.29, 1.82) is 0 Å². The number of hydrogen-bond donors (Lipinski definition) is 1. The first-order chi connectivity index (χ1) is 14.7. The van der Waals surface area contributed by atoms with E-state index in [-0.39, 0.29) is 6.01 Å². The third kappa shape index (κ3) is 3.67. The lowest BCUT2D eigenvalue weighted by Gasteiger charge is -2.15. The Hall–Kier alpha value is -3.59. The number of ether oxygens (including phenoxy) is 4. The summed E-state index contributed by atoms with van der Waals surface area (Å²) in [4.78, 5) is 13.4. The highest BCUT2D eigenvalue weighted by Gasteiger charge is 2.16. The Labute approximate surface area is 177 Å². The van der Waals surface area contributed by atoms with E-state index in [0.717, 1.165) is 15.6 Å². The summed E-state index contributed by atoms with van der Waals surface area (Å²) in [6.45, 7) is 0. The fourth-order valence-electron chi connectivity index (χ4n) is 3.06. The van der Waals surface area contributed by atoms with Crippen LogP contribution in [0.15, 0.2) is 41.8 Å². The predicted octanol–water partition coefficient (Wildman–Crippen LogP) is 4.53. The maximum Gasteiger partial charge on any atom is 0.321 e. The number of hydrogen-bond acceptors (Lipinski definition) is 9. The molecule has 9 heteroatoms. The standard InChI is InChI=1S/C21H20N4O4S/c1-26-15-9-12(10-16(27-2)18(15)28-3)22-20-23-19(24-21(25-20)29-4)14-11-30-17-8-6-5-7-13(14)17/h5-11H,1-4H3,(H,22,23,24,25). The number of anilines is 2. The van der Waals surface area contributed by atoms with Crippen LogP contribution in [0.2, 0.25) is 0 Å². The van der Waals surface area contributed by atoms with Crippen LogP contribution in [-0.4, -0.2) is 43.4 Å². The van der Waals surface area contributed by atoms with E-state index < -0.39 is 0 Å². The average molecular weight is 424 g/mol. The molecule has 0 aliphatic carbocycles. The molecule has 0 unspecified atom stereocenters. The molecule has 0 spiro atoms. The number of nitrogens with one attached hydrogen (secondary N) is 1. The molecule has 0 atom stereocenters. The molecule has 1 N–H and O–H groups in total. The zero-order valence-corrected chi connectivity index (χ0v) is 17.7. The van der Waals surface area contributed by atoms with Crippen LogP contribution in [0.5, 0.6) is 23.3 Å². The quantitative estimate of drug-likeness (QED) is 0.463. The van der Waals surface area contributed by atoms with Crippen LogP contribution in [-0.2, 0) is 0 Å². The van der Waals surface area contributed by atoms with Gasteiger partial charge in [-0.1, -0.05) is 18.2 Å². The summed E-state index contributed by atoms with van der Waals surface area (Å²) in [6, 6.07) is 11.9. The maximum atomic E-state index is 5.41. The first-order valence-electron chi connectivity index (χ1n) is 9.00. The lowest BCUT2D eigenvalue weighted by Crippen LogP contribution is -2.04. The van der Waals surface area contributed by atoms with Gasteiger partial charge in [0.25, 0.3) is 0 Å². The average Bonchev–Trinajstić information content (AvgIpc) is 3.22. The largest absolute Gasteiger partial charge is 0.493 e. The van der Waals surface area contributed by atoms with E-state index in [4.69, 9.17) is 18.9 Å². The molecular formula is C21H20N4O4S. The lowest BCUT2D eigenvalue weighted by molar-refractivity contribution is 0.324. The van der Waals surface area contributed by atoms with Crippen molar-refractivity contribution < 1.29 is 18.9 Å². The Bertz CT molecular complexity index is 1170. The van der Waals surface area contributed by atoms with Crippen LogP contribution in [0.1, 0.15) is 0 Å². The van der Waals surface area contributed by atoms with Gasteiger partial charge in [-0.2, -0.15) is 15.0 Å². The van der Waals surface area contributed by atoms with Crippen LogP contribution in [0.4, 0.5) is 11.6 Å². The maximum absolute atomic E-state index is 5.41. The van der Waals surface area contributed by atoms with E-state index in [0.29, 0.717) is 34.7 Å². The summed E-state index contributed by atoms with van der Waals surface area (Å²) in [5.41, 5.74) is 1.59. The van der Waals surface area contributed by atoms with Gasteiger partial charge < -0.3 is 24.3 Å². The third-order valence-corrected chi connectivity index (χ3v) is 5.40. The van der Waals surface area contributed by atoms with Crippen molar-refractivity contribution in [3.05, 3.63) is 41.8 Å². The highest BCUT2D eigenvalue weighted by molar-refractivity contribution is 7.17. The smallest absolute Gasteiger partial charge is 0.321 e. The molecule has 0 fully saturated rings. The molecule has 2 heterocycles. The van der Waals surface area contributed by atoms with Crippen molar-refractivity contribution >= 4 is 33.1 Å². The van der Waals surface area contributed by atoms with Crippen molar-refractivity contribution in [1.82, 2.24) is 15.0 Å². The van der Waals surface area contributed by atoms with Gasteiger partial charge in [0.2, 0.25) is 11.7 Å². The molecule has 30 heavy (non-hydrogen) atoms. The van der Waals surface area contributed by atoms with Crippen LogP contribution in [0, 0.1) is 0 Å². The van der Waals surface area contributed by atoms with Gasteiger partial charge in [0, 0.05) is 38.8 Å². The number of nitrogens with zero attached hydrogens (tertiary/aromatic N) is 3. The number of fused-ring (bicyclic) bond motifs is 1. The van der Waals surface area contributed by atoms with Gasteiger partial charge in [0.05, 0.1) is 28.4 Å². The van der Waals surface area contributed by atoms with Crippen LogP contribution >= 0.6 is 11.3 Å². The number of methoxy groups -OCH3 is 4. The molecule has 0 bridgehead atoms. The topological polar surface area (TPSA) is 87.6 Å². The van der Waals surface area contributed by atoms with Gasteiger partial charge >= 0.3 is 6.01 Å². The van der Waals surface area contributed by atoms with E-state index in [9.17, 15) is 0 Å². The minimum Gasteiger partial charge on any atom is -0.493 e. The summed E-state index contributed by atoms with van der Waals surface area (Å²) < 4.78 is 22.7. The Morgan fingerprint density at radius 3 is 2.23 bits per heavy atom. The van der Waals surface area contributed by atoms with Crippen molar-refractivity contribution in [2.75, 3.05) is 33.8 Å². The Morgan fingerprint density at radius 1 is 0.833 bits per heavy atom. The Kier molecular flexibility index (Phi) is 5.53. The molecule has 0 amide bonds. The second-order valence-corrected chi connectivity index (χ2v) is 7.07. The fraction of sp³-hybridized carbons (Fsp3) is 0.190. The molecule has 0 radical (unpaired) electrons. The zero-order valence-electron chi connectivity index (χ0n) is 16.9. The van der Waals surface area contributed by atoms with E-state index >= 15 is 0 Å². The molecule has 8 nitrogen and oxygen atoms in total. The van der Waals surface area contributed by atoms with Crippen molar-refractivity contribution in [3.63, 3.8) is 0 Å². The molecule has 4 rings (SSSR count). The van der Waals surface area contributed by atoms with Gasteiger partial charge in [-0.25, -0.2) is 0 Å². The first-order valence-corrected chi connectivity index (χ1v) is 9.88. The molecule has 0 saturated heterocycles. The van der Waals surface area contributed by atoms with Gasteiger partial charge in [0.15, 0.2) is 17.3 Å². The van der Waals surface area contributed by atoms with Gasteiger partial charge in [-0.05, 0) is 6.07 Å². The van der Waals surface area contributed by atoms with Crippen molar-refractivity contribution in [2.24, 2.45) is 0 Å². The van der Waals surface area contributed by atoms with Crippen LogP contribution in [0.3, 0.4) is 0 Å². The second-order valence-electron chi connectivity index (χ2n) is 6.15. The predicted molar refractivity (Wildman–Crippen MR) is 117 cm³/mol. The SMILES string of the molecule is COc1nc(Nc2cc(OC)c(OC)c(OC)c2)nc(-c2csc3ccccc23)n1. The molecule has 2 aromatic carbocycles. The summed E-state index contributed by atoms with van der Waals surface area (Å²) in [6.07, 6.45) is 0. The number of thiophene rings is 1. The zero-order chi connectivity index (χ0) is 21.1. The second kappa shape index (κ2) is 8.42. The highest BCUT2D eigenvalue weighted by atomic mass is 32.1.